The summed E-state index contributed by atoms with van der Waals surface area (Å²) in [5.41, 5.74) is 0. The molecule has 0 spiro atoms. The average Bonchev–Trinajstić information content (AvgIpc) is 1.65. The van der Waals surface area contributed by atoms with E-state index in [2.05, 4.69) is 6.58 Å². The first kappa shape index (κ1) is 5.83. The minimum Gasteiger partial charge on any atom is -0.113 e. The summed E-state index contributed by atoms with van der Waals surface area (Å²) in [6, 6.07) is 0. The molecule has 0 aliphatic heterocycles. The van der Waals surface area contributed by atoms with E-state index in [4.69, 9.17) is 19.4 Å². The lowest BCUT2D eigenvalue weighted by atomic mass is 10.1. The largest absolute Gasteiger partial charge is 0.113 e. The summed E-state index contributed by atoms with van der Waals surface area (Å²) in [5, 5.41) is 0.481. The van der Waals surface area contributed by atoms with Crippen molar-refractivity contribution in [2.24, 2.45) is 0 Å². The number of rotatable bonds is 1. The molecule has 0 fully saturated rings. The van der Waals surface area contributed by atoms with Gasteiger partial charge in [0.1, 0.15) is 7.85 Å². The second kappa shape index (κ2) is 3.04. The molecule has 6 heavy (non-hydrogen) atoms. The third-order valence-corrected chi connectivity index (χ3v) is 0.635. The van der Waals surface area contributed by atoms with Crippen molar-refractivity contribution in [2.75, 3.05) is 0 Å². The molecule has 0 saturated heterocycles. The highest BCUT2D eigenvalue weighted by molar-refractivity contribution is 6.35. The first-order chi connectivity index (χ1) is 2.81. The SMILES string of the molecule is [B]C=C(Cl)C=C. The lowest BCUT2D eigenvalue weighted by Crippen LogP contribution is -1.56. The molecule has 0 N–H and O–H groups in total. The zero-order valence-corrected chi connectivity index (χ0v) is 4.07. The Labute approximate surface area is 43.9 Å². The van der Waals surface area contributed by atoms with E-state index in [-0.39, 0.29) is 0 Å². The molecule has 0 aromatic carbocycles. The zero-order valence-electron chi connectivity index (χ0n) is 3.32. The number of allylic oxidation sites excluding steroid dienone is 2. The fourth-order valence-electron chi connectivity index (χ4n) is 0.0680. The van der Waals surface area contributed by atoms with Gasteiger partial charge in [-0.25, -0.2) is 0 Å². The van der Waals surface area contributed by atoms with Crippen LogP contribution in [0.5, 0.6) is 0 Å². The monoisotopic (exact) mass is 98.0 g/mol. The highest BCUT2D eigenvalue weighted by Crippen LogP contribution is 1.96. The predicted octanol–water partition coefficient (Wildman–Crippen LogP) is 1.42. The van der Waals surface area contributed by atoms with Gasteiger partial charge in [0, 0.05) is 5.03 Å². The van der Waals surface area contributed by atoms with E-state index in [1.54, 1.807) is 0 Å². The van der Waals surface area contributed by atoms with Crippen LogP contribution >= 0.6 is 11.6 Å². The van der Waals surface area contributed by atoms with Crippen LogP contribution in [0.25, 0.3) is 0 Å². The molecule has 2 heteroatoms. The van der Waals surface area contributed by atoms with Gasteiger partial charge in [0.15, 0.2) is 0 Å². The second-order valence-corrected chi connectivity index (χ2v) is 1.19. The van der Waals surface area contributed by atoms with Crippen molar-refractivity contribution in [1.82, 2.24) is 0 Å². The summed E-state index contributed by atoms with van der Waals surface area (Å²) in [5.74, 6) is 1.29. The second-order valence-electron chi connectivity index (χ2n) is 0.756. The van der Waals surface area contributed by atoms with Gasteiger partial charge in [-0.1, -0.05) is 24.3 Å². The molecule has 0 heterocycles. The molecule has 0 aliphatic rings. The maximum Gasteiger partial charge on any atom is 0.104 e. The van der Waals surface area contributed by atoms with Crippen LogP contribution < -0.4 is 0 Å². The van der Waals surface area contributed by atoms with Crippen molar-refractivity contribution >= 4 is 19.4 Å². The maximum atomic E-state index is 5.27. The van der Waals surface area contributed by atoms with Crippen molar-refractivity contribution in [2.45, 2.75) is 0 Å². The van der Waals surface area contributed by atoms with Gasteiger partial charge in [-0.05, 0) is 0 Å². The van der Waals surface area contributed by atoms with Crippen molar-refractivity contribution in [3.05, 3.63) is 23.7 Å². The Morgan fingerprint density at radius 1 is 1.83 bits per heavy atom. The fourth-order valence-corrected chi connectivity index (χ4v) is 0.0680. The van der Waals surface area contributed by atoms with Gasteiger partial charge in [-0.2, -0.15) is 0 Å². The van der Waals surface area contributed by atoms with E-state index in [9.17, 15) is 0 Å². The van der Waals surface area contributed by atoms with Gasteiger partial charge in [0.25, 0.3) is 0 Å². The summed E-state index contributed by atoms with van der Waals surface area (Å²) < 4.78 is 0. The average molecular weight is 98.3 g/mol. The molecule has 0 unspecified atom stereocenters. The van der Waals surface area contributed by atoms with E-state index < -0.39 is 0 Å². The summed E-state index contributed by atoms with van der Waals surface area (Å²) >= 11 is 5.27. The van der Waals surface area contributed by atoms with Crippen molar-refractivity contribution < 1.29 is 0 Å². The van der Waals surface area contributed by atoms with Crippen molar-refractivity contribution in [3.63, 3.8) is 0 Å². The number of halogens is 1. The quantitative estimate of drug-likeness (QED) is 0.344. The van der Waals surface area contributed by atoms with Crippen LogP contribution in [-0.2, 0) is 0 Å². The normalized spacial score (nSPS) is 11.2. The molecule has 2 radical (unpaired) electrons. The van der Waals surface area contributed by atoms with Crippen LogP contribution in [0.4, 0.5) is 0 Å². The number of hydrogen-bond donors (Lipinski definition) is 0. The van der Waals surface area contributed by atoms with E-state index in [0.29, 0.717) is 5.03 Å². The Bertz CT molecular complexity index is 75.6. The smallest absolute Gasteiger partial charge is 0.104 e. The summed E-state index contributed by atoms with van der Waals surface area (Å²) in [6.07, 6.45) is 1.47. The summed E-state index contributed by atoms with van der Waals surface area (Å²) in [4.78, 5) is 0. The highest BCUT2D eigenvalue weighted by Gasteiger charge is 1.70. The van der Waals surface area contributed by atoms with Gasteiger partial charge in [0.05, 0.1) is 0 Å². The van der Waals surface area contributed by atoms with Gasteiger partial charge in [0.2, 0.25) is 0 Å². The molecule has 0 rings (SSSR count). The molecule has 0 aromatic heterocycles. The Morgan fingerprint density at radius 3 is 2.33 bits per heavy atom. The van der Waals surface area contributed by atoms with Gasteiger partial charge in [-0.3, -0.25) is 0 Å². The topological polar surface area (TPSA) is 0 Å². The molecule has 0 saturated carbocycles. The van der Waals surface area contributed by atoms with E-state index in [0.717, 1.165) is 0 Å². The molecule has 0 amide bonds. The highest BCUT2D eigenvalue weighted by atomic mass is 35.5. The van der Waals surface area contributed by atoms with E-state index in [1.807, 2.05) is 0 Å². The van der Waals surface area contributed by atoms with Crippen molar-refractivity contribution in [3.8, 4) is 0 Å². The zero-order chi connectivity index (χ0) is 4.99. The van der Waals surface area contributed by atoms with Crippen molar-refractivity contribution in [1.29, 1.82) is 0 Å². The molecular formula is C4H4BCl. The third-order valence-electron chi connectivity index (χ3n) is 0.354. The molecule has 0 nitrogen and oxygen atoms in total. The lowest BCUT2D eigenvalue weighted by molar-refractivity contribution is 2.00. The Hall–Kier alpha value is -0.165. The van der Waals surface area contributed by atoms with Gasteiger partial charge >= 0.3 is 0 Å². The van der Waals surface area contributed by atoms with Crippen LogP contribution in [0.1, 0.15) is 0 Å². The molecule has 0 aromatic rings. The van der Waals surface area contributed by atoms with Gasteiger partial charge in [-0.15, -0.1) is 5.98 Å². The van der Waals surface area contributed by atoms with Crippen LogP contribution in [-0.4, -0.2) is 7.85 Å². The minimum atomic E-state index is 0.481. The summed E-state index contributed by atoms with van der Waals surface area (Å²) in [7, 11) is 4.92. The van der Waals surface area contributed by atoms with E-state index >= 15 is 0 Å². The molecule has 0 bridgehead atoms. The first-order valence-corrected chi connectivity index (χ1v) is 1.89. The third kappa shape index (κ3) is 2.10. The Morgan fingerprint density at radius 2 is 2.33 bits per heavy atom. The van der Waals surface area contributed by atoms with Crippen LogP contribution in [0, 0.1) is 0 Å². The molecule has 0 aliphatic carbocycles. The Kier molecular flexibility index (Phi) is 2.96. The molecule has 30 valence electrons. The van der Waals surface area contributed by atoms with E-state index in [1.165, 1.54) is 12.1 Å². The fraction of sp³-hybridized carbons (Fsp3) is 0. The predicted molar refractivity (Wildman–Crippen MR) is 29.9 cm³/mol. The van der Waals surface area contributed by atoms with Crippen LogP contribution in [0.3, 0.4) is 0 Å². The minimum absolute atomic E-state index is 0.481. The first-order valence-electron chi connectivity index (χ1n) is 1.51. The molecular weight excluding hydrogens is 94.3 g/mol. The standard InChI is InChI=1S/C4H4BCl/c1-2-4(6)3-5/h2-3H,1H2. The number of hydrogen-bond acceptors (Lipinski definition) is 0. The summed E-state index contributed by atoms with van der Waals surface area (Å²) in [6.45, 7) is 3.35. The van der Waals surface area contributed by atoms with Crippen LogP contribution in [0.15, 0.2) is 23.7 Å². The lowest BCUT2D eigenvalue weighted by Gasteiger charge is -1.75. The Balaban J connectivity index is 3.50. The van der Waals surface area contributed by atoms with Crippen LogP contribution in [0.2, 0.25) is 0 Å². The van der Waals surface area contributed by atoms with Gasteiger partial charge < -0.3 is 0 Å². The maximum absolute atomic E-state index is 5.27. The molecule has 0 atom stereocenters.